The minimum absolute atomic E-state index is 0.0595. The Kier molecular flexibility index (Phi) is 7.98. The Labute approximate surface area is 244 Å². The maximum absolute atomic E-state index is 12.8. The third-order valence-corrected chi connectivity index (χ3v) is 6.84. The van der Waals surface area contributed by atoms with Crippen molar-refractivity contribution in [2.24, 2.45) is 0 Å². The van der Waals surface area contributed by atoms with Crippen LogP contribution in [0.25, 0.3) is 22.3 Å². The molecule has 234 valence electrons. The number of benzene rings is 2. The van der Waals surface area contributed by atoms with Gasteiger partial charge in [-0.25, -0.2) is 9.59 Å². The van der Waals surface area contributed by atoms with Crippen LogP contribution in [0, 0.1) is 0 Å². The van der Waals surface area contributed by atoms with Crippen molar-refractivity contribution in [1.29, 1.82) is 0 Å². The van der Waals surface area contributed by atoms with Gasteiger partial charge >= 0.3 is 17.9 Å². The second kappa shape index (κ2) is 11.5. The summed E-state index contributed by atoms with van der Waals surface area (Å²) < 4.78 is 27.0. The molecule has 44 heavy (non-hydrogen) atoms. The highest BCUT2D eigenvalue weighted by atomic mass is 16.7. The van der Waals surface area contributed by atoms with Gasteiger partial charge in [0, 0.05) is 35.9 Å². The third-order valence-electron chi connectivity index (χ3n) is 6.84. The minimum atomic E-state index is -2.22. The number of ether oxygens (including phenoxy) is 4. The topological polar surface area (TPSA) is 286 Å². The van der Waals surface area contributed by atoms with Crippen molar-refractivity contribution >= 4 is 22.9 Å². The van der Waals surface area contributed by atoms with Crippen LogP contribution in [0.1, 0.15) is 0 Å². The van der Waals surface area contributed by atoms with Crippen molar-refractivity contribution in [3.8, 4) is 28.6 Å². The smallest absolute Gasteiger partial charge is 0.347 e. The van der Waals surface area contributed by atoms with Crippen molar-refractivity contribution in [1.82, 2.24) is 0 Å². The van der Waals surface area contributed by atoms with Gasteiger partial charge in [0.15, 0.2) is 17.6 Å². The van der Waals surface area contributed by atoms with Crippen molar-refractivity contribution in [3.05, 3.63) is 64.4 Å². The molecule has 3 heterocycles. The van der Waals surface area contributed by atoms with Crippen molar-refractivity contribution in [3.63, 3.8) is 0 Å². The van der Waals surface area contributed by atoms with Crippen LogP contribution < -0.4 is 10.2 Å². The quantitative estimate of drug-likeness (QED) is 0.144. The van der Waals surface area contributed by atoms with Gasteiger partial charge in [0.1, 0.15) is 52.6 Å². The Morgan fingerprint density at radius 2 is 1.50 bits per heavy atom. The summed E-state index contributed by atoms with van der Waals surface area (Å²) in [5, 5.41) is 88.1. The van der Waals surface area contributed by atoms with Crippen LogP contribution in [0.5, 0.6) is 17.2 Å². The summed E-state index contributed by atoms with van der Waals surface area (Å²) >= 11 is 0. The zero-order valence-corrected chi connectivity index (χ0v) is 22.0. The van der Waals surface area contributed by atoms with Crippen LogP contribution in [0.4, 0.5) is 0 Å². The molecule has 0 radical (unpaired) electrons. The Balaban J connectivity index is 1.52. The number of hydrogen-bond acceptors (Lipinski definition) is 14. The molecule has 10 N–H and O–H groups in total. The van der Waals surface area contributed by atoms with E-state index in [9.17, 15) is 55.2 Å². The Morgan fingerprint density at radius 3 is 2.14 bits per heavy atom. The molecule has 17 nitrogen and oxygen atoms in total. The fraction of sp³-hybridized carbons (Fsp3) is 0.296. The molecule has 1 saturated heterocycles. The van der Waals surface area contributed by atoms with Crippen LogP contribution >= 0.6 is 0 Å². The van der Waals surface area contributed by atoms with Gasteiger partial charge in [-0.3, -0.25) is 4.79 Å². The number of aliphatic hydroxyl groups is 5. The van der Waals surface area contributed by atoms with Gasteiger partial charge in [-0.05, 0) is 12.1 Å². The Hall–Kier alpha value is -5.07. The van der Waals surface area contributed by atoms with Crippen LogP contribution in [-0.4, -0.2) is 107 Å². The summed E-state index contributed by atoms with van der Waals surface area (Å²) in [7, 11) is 0. The number of carboxylic acids is 2. The summed E-state index contributed by atoms with van der Waals surface area (Å²) in [5.41, 5.74) is -0.437. The molecule has 1 aromatic heterocycles. The second-order valence-electron chi connectivity index (χ2n) is 9.80. The summed E-state index contributed by atoms with van der Waals surface area (Å²) in [5.74, 6) is -6.55. The molecule has 0 aliphatic carbocycles. The number of aromatic hydroxyl groups is 1. The maximum atomic E-state index is 12.8. The monoisotopic (exact) mass is 621 g/mol. The van der Waals surface area contributed by atoms with E-state index >= 15 is 0 Å². The Morgan fingerprint density at radius 1 is 0.841 bits per heavy atom. The first-order valence-corrected chi connectivity index (χ1v) is 12.7. The third kappa shape index (κ3) is 5.52. The summed E-state index contributed by atoms with van der Waals surface area (Å²) in [4.78, 5) is 36.0. The number of rotatable bonds is 7. The maximum Gasteiger partial charge on any atom is 0.347 e. The van der Waals surface area contributed by atoms with Gasteiger partial charge < -0.3 is 69.3 Å². The average Bonchev–Trinajstić information content (AvgIpc) is 2.96. The minimum Gasteiger partial charge on any atom is -0.593 e. The van der Waals surface area contributed by atoms with Gasteiger partial charge in [0.05, 0.1) is 0 Å². The van der Waals surface area contributed by atoms with Crippen LogP contribution in [0.2, 0.25) is 0 Å². The molecular formula is C27H25O17+. The molecular weight excluding hydrogens is 596 g/mol. The molecule has 2 aromatic carbocycles. The van der Waals surface area contributed by atoms with E-state index in [4.69, 9.17) is 28.5 Å². The zero-order valence-electron chi connectivity index (χ0n) is 22.0. The van der Waals surface area contributed by atoms with Crippen LogP contribution in [-0.2, 0) is 23.8 Å². The van der Waals surface area contributed by atoms with E-state index in [0.717, 1.165) is 18.2 Å². The molecule has 8 atom stereocenters. The number of aliphatic hydroxyl groups excluding tert-OH is 5. The zero-order chi connectivity index (χ0) is 32.0. The molecule has 0 spiro atoms. The number of phenolic OH excluding ortho intramolecular Hbond substituents is 1. The highest BCUT2D eigenvalue weighted by Gasteiger charge is 2.52. The van der Waals surface area contributed by atoms with E-state index < -0.39 is 83.8 Å². The largest absolute Gasteiger partial charge is 0.593 e. The number of hydrogen-bond donors (Lipinski definition) is 8. The van der Waals surface area contributed by atoms with E-state index in [0.29, 0.717) is 5.56 Å². The van der Waals surface area contributed by atoms with E-state index in [2.05, 4.69) is 0 Å². The van der Waals surface area contributed by atoms with Gasteiger partial charge in [-0.1, -0.05) is 0 Å². The highest BCUT2D eigenvalue weighted by Crippen LogP contribution is 2.35. The molecule has 2 aliphatic heterocycles. The number of aliphatic carboxylic acids is 2. The highest BCUT2D eigenvalue weighted by molar-refractivity contribution is 5.86. The second-order valence-corrected chi connectivity index (χ2v) is 9.80. The molecule has 1 fully saturated rings. The first-order chi connectivity index (χ1) is 20.8. The summed E-state index contributed by atoms with van der Waals surface area (Å²) in [6.07, 6.45) is -17.0. The first-order valence-electron chi connectivity index (χ1n) is 12.7. The SMILES string of the molecule is O=C(O)C1O[C@@H](Oc2cc(O)c3c(=O)cc(-c4ccc([OH2+])cc4)oc3c2)C(OC2=C(O)C(O)[C@H](O)C(C(=O)O)O2)C(O)[C@@H]1O. The molecule has 0 saturated carbocycles. The van der Waals surface area contributed by atoms with E-state index in [1.165, 1.54) is 24.3 Å². The first kappa shape index (κ1) is 30.4. The molecule has 2 aliphatic rings. The normalized spacial score (nSPS) is 28.7. The Bertz CT molecular complexity index is 1680. The lowest BCUT2D eigenvalue weighted by Crippen LogP contribution is -2.62. The molecule has 5 rings (SSSR count). The van der Waals surface area contributed by atoms with Crippen molar-refractivity contribution in [2.45, 2.75) is 49.0 Å². The van der Waals surface area contributed by atoms with E-state index in [-0.39, 0.29) is 28.2 Å². The van der Waals surface area contributed by atoms with E-state index in [1.54, 1.807) is 0 Å². The number of carbonyl (C=O) groups is 2. The van der Waals surface area contributed by atoms with E-state index in [1.807, 2.05) is 0 Å². The summed E-state index contributed by atoms with van der Waals surface area (Å²) in [6.45, 7) is 0. The standard InChI is InChI=1S/C27H24O17/c28-9-3-1-8(2-4-9)13-7-12(30)15-11(29)5-10(6-14(15)41-13)40-27-23(19(34)18(33)22(43-27)25(38)39)44-26-20(35)16(31)17(32)21(42-26)24(36)37/h1-7,16-19,21-23,27-29,31-35H,(H,36,37)(H,38,39)/p+1/t16?,17-,18-,19?,21?,22?,23?,27+/m0/s1. The fourth-order valence-electron chi connectivity index (χ4n) is 4.59. The van der Waals surface area contributed by atoms with Crippen molar-refractivity contribution < 1.29 is 78.9 Å². The molecule has 0 bridgehead atoms. The lowest BCUT2D eigenvalue weighted by atomic mass is 9.98. The van der Waals surface area contributed by atoms with Crippen LogP contribution in [0.3, 0.4) is 0 Å². The number of phenols is 1. The summed E-state index contributed by atoms with van der Waals surface area (Å²) in [6, 6.07) is 9.10. The average molecular weight is 621 g/mol. The predicted octanol–water partition coefficient (Wildman–Crippen LogP) is -1.17. The molecule has 17 heteroatoms. The van der Waals surface area contributed by atoms with Gasteiger partial charge in [-0.15, -0.1) is 0 Å². The lowest BCUT2D eigenvalue weighted by Gasteiger charge is -2.41. The van der Waals surface area contributed by atoms with Crippen molar-refractivity contribution in [2.75, 3.05) is 0 Å². The van der Waals surface area contributed by atoms with Gasteiger partial charge in [-0.2, -0.15) is 0 Å². The molecule has 5 unspecified atom stereocenters. The number of fused-ring (bicyclic) bond motifs is 1. The lowest BCUT2D eigenvalue weighted by molar-refractivity contribution is -0.286. The molecule has 0 amide bonds. The molecule has 3 aromatic rings. The fourth-order valence-corrected chi connectivity index (χ4v) is 4.59. The number of carboxylic acid groups (broad SMARTS) is 2. The van der Waals surface area contributed by atoms with Gasteiger partial charge in [0.2, 0.25) is 18.2 Å². The predicted molar refractivity (Wildman–Crippen MR) is 141 cm³/mol. The van der Waals surface area contributed by atoms with Crippen LogP contribution in [0.15, 0.2) is 63.4 Å². The van der Waals surface area contributed by atoms with Gasteiger partial charge in [0.25, 0.3) is 5.75 Å².